The molecular weight excluding hydrogens is 333 g/mol. The normalized spacial score (nSPS) is 15.0. The van der Waals surface area contributed by atoms with Crippen LogP contribution in [-0.4, -0.2) is 40.4 Å². The summed E-state index contributed by atoms with van der Waals surface area (Å²) < 4.78 is 41.1. The van der Waals surface area contributed by atoms with Gasteiger partial charge in [-0.3, -0.25) is 4.79 Å². The molecule has 0 saturated carbocycles. The molecule has 1 saturated heterocycles. The van der Waals surface area contributed by atoms with Gasteiger partial charge in [0.25, 0.3) is 0 Å². The Labute approximate surface area is 143 Å². The molecule has 2 heterocycles. The maximum atomic E-state index is 14.3. The Balaban J connectivity index is 1.72. The standard InChI is InChI=1S/C17H17F3N4O/c1-2-14-16(20)17(22-10-21-14)24-6-5-23(15(25)9-24)8-11-3-4-12(18)7-13(11)19/h3-4,7,10H,2,5-6,8-9H2,1H3. The number of anilines is 1. The molecular formula is C17H17F3N4O. The fourth-order valence-corrected chi connectivity index (χ4v) is 2.77. The minimum atomic E-state index is -0.690. The number of amides is 1. The summed E-state index contributed by atoms with van der Waals surface area (Å²) in [4.78, 5) is 23.2. The number of rotatable bonds is 4. The van der Waals surface area contributed by atoms with E-state index in [1.54, 1.807) is 11.8 Å². The van der Waals surface area contributed by atoms with E-state index in [-0.39, 0.29) is 30.4 Å². The van der Waals surface area contributed by atoms with Crippen LogP contribution in [0.25, 0.3) is 0 Å². The van der Waals surface area contributed by atoms with Crippen molar-refractivity contribution in [2.24, 2.45) is 0 Å². The van der Waals surface area contributed by atoms with Crippen molar-refractivity contribution in [3.8, 4) is 0 Å². The lowest BCUT2D eigenvalue weighted by Gasteiger charge is -2.35. The first kappa shape index (κ1) is 17.2. The van der Waals surface area contributed by atoms with Crippen molar-refractivity contribution in [3.05, 3.63) is 53.2 Å². The maximum Gasteiger partial charge on any atom is 0.242 e. The van der Waals surface area contributed by atoms with Crippen LogP contribution in [0.4, 0.5) is 19.0 Å². The Morgan fingerprint density at radius 3 is 2.64 bits per heavy atom. The Bertz CT molecular complexity index is 799. The van der Waals surface area contributed by atoms with Gasteiger partial charge in [-0.15, -0.1) is 0 Å². The van der Waals surface area contributed by atoms with E-state index in [1.165, 1.54) is 17.3 Å². The second-order valence-electron chi connectivity index (χ2n) is 5.78. The van der Waals surface area contributed by atoms with Crippen LogP contribution in [0.15, 0.2) is 24.5 Å². The number of hydrogen-bond donors (Lipinski definition) is 0. The molecule has 25 heavy (non-hydrogen) atoms. The smallest absolute Gasteiger partial charge is 0.242 e. The van der Waals surface area contributed by atoms with E-state index in [4.69, 9.17) is 0 Å². The van der Waals surface area contributed by atoms with Crippen molar-refractivity contribution in [1.82, 2.24) is 14.9 Å². The van der Waals surface area contributed by atoms with E-state index < -0.39 is 17.5 Å². The largest absolute Gasteiger partial charge is 0.343 e. The summed E-state index contributed by atoms with van der Waals surface area (Å²) in [6.45, 7) is 2.44. The highest BCUT2D eigenvalue weighted by Gasteiger charge is 2.27. The van der Waals surface area contributed by atoms with Crippen LogP contribution in [0.5, 0.6) is 0 Å². The molecule has 0 atom stereocenters. The number of aryl methyl sites for hydroxylation is 1. The van der Waals surface area contributed by atoms with E-state index in [0.717, 1.165) is 12.1 Å². The summed E-state index contributed by atoms with van der Waals surface area (Å²) >= 11 is 0. The minimum Gasteiger partial charge on any atom is -0.343 e. The number of nitrogens with zero attached hydrogens (tertiary/aromatic N) is 4. The molecule has 0 bridgehead atoms. The highest BCUT2D eigenvalue weighted by molar-refractivity contribution is 5.82. The molecule has 132 valence electrons. The van der Waals surface area contributed by atoms with Crippen LogP contribution in [0.3, 0.4) is 0 Å². The van der Waals surface area contributed by atoms with Crippen molar-refractivity contribution in [3.63, 3.8) is 0 Å². The summed E-state index contributed by atoms with van der Waals surface area (Å²) in [5.41, 5.74) is 0.540. The van der Waals surface area contributed by atoms with E-state index in [1.807, 2.05) is 0 Å². The first-order chi connectivity index (χ1) is 12.0. The topological polar surface area (TPSA) is 49.3 Å². The number of aromatic nitrogens is 2. The van der Waals surface area contributed by atoms with Gasteiger partial charge in [0.05, 0.1) is 12.2 Å². The quantitative estimate of drug-likeness (QED) is 0.849. The number of carbonyl (C=O) groups is 1. The van der Waals surface area contributed by atoms with Gasteiger partial charge in [-0.25, -0.2) is 23.1 Å². The highest BCUT2D eigenvalue weighted by atomic mass is 19.1. The van der Waals surface area contributed by atoms with Gasteiger partial charge in [0, 0.05) is 31.3 Å². The third-order valence-corrected chi connectivity index (χ3v) is 4.17. The van der Waals surface area contributed by atoms with E-state index in [2.05, 4.69) is 9.97 Å². The van der Waals surface area contributed by atoms with E-state index in [9.17, 15) is 18.0 Å². The lowest BCUT2D eigenvalue weighted by molar-refractivity contribution is -0.131. The van der Waals surface area contributed by atoms with Crippen LogP contribution < -0.4 is 4.90 Å². The van der Waals surface area contributed by atoms with Crippen LogP contribution >= 0.6 is 0 Å². The predicted molar refractivity (Wildman–Crippen MR) is 85.4 cm³/mol. The zero-order valence-corrected chi connectivity index (χ0v) is 13.7. The molecule has 8 heteroatoms. The van der Waals surface area contributed by atoms with Crippen molar-refractivity contribution in [2.75, 3.05) is 24.5 Å². The summed E-state index contributed by atoms with van der Waals surface area (Å²) in [5.74, 6) is -2.04. The van der Waals surface area contributed by atoms with Crippen molar-refractivity contribution in [2.45, 2.75) is 19.9 Å². The average molecular weight is 350 g/mol. The molecule has 1 amide bonds. The summed E-state index contributed by atoms with van der Waals surface area (Å²) in [5, 5.41) is 0. The molecule has 0 unspecified atom stereocenters. The first-order valence-corrected chi connectivity index (χ1v) is 7.95. The Hall–Kier alpha value is -2.64. The Morgan fingerprint density at radius 2 is 1.96 bits per heavy atom. The Kier molecular flexibility index (Phi) is 4.87. The second kappa shape index (κ2) is 7.08. The van der Waals surface area contributed by atoms with Crippen LogP contribution in [0.1, 0.15) is 18.2 Å². The molecule has 1 aromatic carbocycles. The fraction of sp³-hybridized carbons (Fsp3) is 0.353. The molecule has 0 radical (unpaired) electrons. The van der Waals surface area contributed by atoms with Crippen molar-refractivity contribution >= 4 is 11.7 Å². The molecule has 5 nitrogen and oxygen atoms in total. The zero-order valence-electron chi connectivity index (χ0n) is 13.7. The van der Waals surface area contributed by atoms with Gasteiger partial charge in [-0.2, -0.15) is 0 Å². The predicted octanol–water partition coefficient (Wildman–Crippen LogP) is 2.31. The van der Waals surface area contributed by atoms with Gasteiger partial charge in [0.15, 0.2) is 11.6 Å². The summed E-state index contributed by atoms with van der Waals surface area (Å²) in [7, 11) is 0. The van der Waals surface area contributed by atoms with Gasteiger partial charge < -0.3 is 9.80 Å². The Morgan fingerprint density at radius 1 is 1.16 bits per heavy atom. The first-order valence-electron chi connectivity index (χ1n) is 7.95. The van der Waals surface area contributed by atoms with Gasteiger partial charge in [-0.05, 0) is 12.5 Å². The number of piperazine rings is 1. The lowest BCUT2D eigenvalue weighted by atomic mass is 10.1. The van der Waals surface area contributed by atoms with Crippen molar-refractivity contribution in [1.29, 1.82) is 0 Å². The molecule has 3 rings (SSSR count). The van der Waals surface area contributed by atoms with Crippen molar-refractivity contribution < 1.29 is 18.0 Å². The monoisotopic (exact) mass is 350 g/mol. The zero-order chi connectivity index (χ0) is 18.0. The van der Waals surface area contributed by atoms with Crippen LogP contribution in [0, 0.1) is 17.5 Å². The van der Waals surface area contributed by atoms with Gasteiger partial charge in [0.1, 0.15) is 18.0 Å². The van der Waals surface area contributed by atoms with Crippen LogP contribution in [0.2, 0.25) is 0 Å². The number of carbonyl (C=O) groups excluding carboxylic acids is 1. The summed E-state index contributed by atoms with van der Waals surface area (Å²) in [6.07, 6.45) is 1.71. The molecule has 0 N–H and O–H groups in total. The highest BCUT2D eigenvalue weighted by Crippen LogP contribution is 2.21. The average Bonchev–Trinajstić information content (AvgIpc) is 2.59. The number of benzene rings is 1. The SMILES string of the molecule is CCc1ncnc(N2CCN(Cc3ccc(F)cc3F)C(=O)C2)c1F. The van der Waals surface area contributed by atoms with E-state index in [0.29, 0.717) is 25.2 Å². The van der Waals surface area contributed by atoms with Gasteiger partial charge in [-0.1, -0.05) is 13.0 Å². The molecule has 1 fully saturated rings. The molecule has 0 spiro atoms. The second-order valence-corrected chi connectivity index (χ2v) is 5.78. The molecule has 2 aromatic rings. The molecule has 0 aliphatic carbocycles. The van der Waals surface area contributed by atoms with E-state index >= 15 is 0 Å². The van der Waals surface area contributed by atoms with Crippen LogP contribution in [-0.2, 0) is 17.8 Å². The molecule has 1 aliphatic rings. The molecule has 1 aromatic heterocycles. The fourth-order valence-electron chi connectivity index (χ4n) is 2.77. The number of halogens is 3. The van der Waals surface area contributed by atoms with Gasteiger partial charge >= 0.3 is 0 Å². The minimum absolute atomic E-state index is 0.0469. The van der Waals surface area contributed by atoms with Gasteiger partial charge in [0.2, 0.25) is 5.91 Å². The molecule has 1 aliphatic heterocycles. The third-order valence-electron chi connectivity index (χ3n) is 4.17. The third kappa shape index (κ3) is 3.57. The number of hydrogen-bond acceptors (Lipinski definition) is 4. The lowest BCUT2D eigenvalue weighted by Crippen LogP contribution is -2.50. The summed E-state index contributed by atoms with van der Waals surface area (Å²) in [6, 6.07) is 3.27. The maximum absolute atomic E-state index is 14.3.